The number of hydrogen-bond donors (Lipinski definition) is 0. The molecule has 8 heteroatoms. The molecule has 0 aliphatic carbocycles. The molecule has 2 saturated heterocycles. The van der Waals surface area contributed by atoms with Gasteiger partial charge in [-0.15, -0.1) is 0 Å². The molecule has 172 valence electrons. The van der Waals surface area contributed by atoms with Crippen LogP contribution in [0.4, 0.5) is 11.4 Å². The third-order valence-electron chi connectivity index (χ3n) is 6.22. The summed E-state index contributed by atoms with van der Waals surface area (Å²) in [4.78, 5) is 31.0. The number of anilines is 1. The Morgan fingerprint density at radius 2 is 1.84 bits per heavy atom. The zero-order valence-corrected chi connectivity index (χ0v) is 18.8. The van der Waals surface area contributed by atoms with Gasteiger partial charge in [0.25, 0.3) is 11.6 Å². The first-order valence-corrected chi connectivity index (χ1v) is 11.7. The highest BCUT2D eigenvalue weighted by atomic mass is 16.6. The fourth-order valence-electron chi connectivity index (χ4n) is 4.34. The summed E-state index contributed by atoms with van der Waals surface area (Å²) in [5.41, 5.74) is 1.07. The Hall–Kier alpha value is -2.19. The lowest BCUT2D eigenvalue weighted by atomic mass is 10.1. The van der Waals surface area contributed by atoms with Crippen molar-refractivity contribution >= 4 is 17.3 Å². The number of rotatable bonds is 11. The van der Waals surface area contributed by atoms with Crippen LogP contribution >= 0.6 is 0 Å². The van der Waals surface area contributed by atoms with E-state index in [9.17, 15) is 14.9 Å². The topological polar surface area (TPSA) is 79.2 Å². The second-order valence-corrected chi connectivity index (χ2v) is 8.46. The molecule has 31 heavy (non-hydrogen) atoms. The van der Waals surface area contributed by atoms with Crippen LogP contribution in [0.15, 0.2) is 18.2 Å². The molecule has 2 heterocycles. The third-order valence-corrected chi connectivity index (χ3v) is 6.22. The van der Waals surface area contributed by atoms with E-state index in [2.05, 4.69) is 11.8 Å². The molecule has 0 bridgehead atoms. The lowest BCUT2D eigenvalue weighted by molar-refractivity contribution is -0.384. The van der Waals surface area contributed by atoms with Crippen molar-refractivity contribution in [1.82, 2.24) is 9.80 Å². The van der Waals surface area contributed by atoms with Crippen molar-refractivity contribution in [1.29, 1.82) is 0 Å². The highest BCUT2D eigenvalue weighted by Crippen LogP contribution is 2.32. The van der Waals surface area contributed by atoms with Crippen molar-refractivity contribution in [3.05, 3.63) is 33.9 Å². The molecule has 2 aliphatic heterocycles. The van der Waals surface area contributed by atoms with Crippen molar-refractivity contribution in [2.75, 3.05) is 63.9 Å². The molecule has 0 saturated carbocycles. The fraction of sp³-hybridized carbons (Fsp3) is 0.696. The summed E-state index contributed by atoms with van der Waals surface area (Å²) in [6.07, 6.45) is 6.44. The predicted octanol–water partition coefficient (Wildman–Crippen LogP) is 3.55. The van der Waals surface area contributed by atoms with Gasteiger partial charge in [0.1, 0.15) is 5.69 Å². The van der Waals surface area contributed by atoms with Gasteiger partial charge < -0.3 is 14.5 Å². The molecule has 2 aliphatic rings. The van der Waals surface area contributed by atoms with Gasteiger partial charge in [0.05, 0.1) is 18.1 Å². The van der Waals surface area contributed by atoms with Gasteiger partial charge in [-0.05, 0) is 31.4 Å². The van der Waals surface area contributed by atoms with E-state index in [-0.39, 0.29) is 16.5 Å². The molecule has 8 nitrogen and oxygen atoms in total. The Kier molecular flexibility index (Phi) is 9.09. The third kappa shape index (κ3) is 6.64. The second-order valence-electron chi connectivity index (χ2n) is 8.46. The molecule has 0 N–H and O–H groups in total. The summed E-state index contributed by atoms with van der Waals surface area (Å²) < 4.78 is 5.41. The van der Waals surface area contributed by atoms with Gasteiger partial charge in [-0.2, -0.15) is 0 Å². The molecule has 0 unspecified atom stereocenters. The number of carbonyl (C=O) groups is 1. The predicted molar refractivity (Wildman–Crippen MR) is 122 cm³/mol. The molecule has 3 rings (SSSR count). The zero-order chi connectivity index (χ0) is 22.1. The van der Waals surface area contributed by atoms with Crippen LogP contribution in [0.3, 0.4) is 0 Å². The Labute approximate surface area is 185 Å². The van der Waals surface area contributed by atoms with Gasteiger partial charge in [0.15, 0.2) is 0 Å². The van der Waals surface area contributed by atoms with Crippen LogP contribution in [-0.2, 0) is 4.74 Å². The Balaban J connectivity index is 1.72. The SMILES string of the molecule is CCCCCCN(CCN1CCOCC1)C(=O)c1ccc(N2CCCC2)c([N+](=O)[O-])c1. The van der Waals surface area contributed by atoms with E-state index in [0.717, 1.165) is 84.5 Å². The Morgan fingerprint density at radius 3 is 2.52 bits per heavy atom. The number of nitro groups is 1. The fourth-order valence-corrected chi connectivity index (χ4v) is 4.34. The lowest BCUT2D eigenvalue weighted by Gasteiger charge is -2.30. The quantitative estimate of drug-likeness (QED) is 0.302. The number of carbonyl (C=O) groups excluding carboxylic acids is 1. The average molecular weight is 433 g/mol. The van der Waals surface area contributed by atoms with Gasteiger partial charge in [0, 0.05) is 57.4 Å². The molecule has 1 amide bonds. The van der Waals surface area contributed by atoms with Crippen molar-refractivity contribution in [2.45, 2.75) is 45.4 Å². The zero-order valence-electron chi connectivity index (χ0n) is 18.8. The van der Waals surface area contributed by atoms with Crippen molar-refractivity contribution in [3.8, 4) is 0 Å². The summed E-state index contributed by atoms with van der Waals surface area (Å²) in [6.45, 7) is 9.18. The maximum atomic E-state index is 13.3. The minimum absolute atomic E-state index is 0.0341. The Morgan fingerprint density at radius 1 is 1.10 bits per heavy atom. The van der Waals surface area contributed by atoms with Crippen LogP contribution in [0, 0.1) is 10.1 Å². The van der Waals surface area contributed by atoms with Crippen LogP contribution < -0.4 is 4.90 Å². The van der Waals surface area contributed by atoms with E-state index in [1.165, 1.54) is 6.07 Å². The number of nitro benzene ring substituents is 1. The summed E-state index contributed by atoms with van der Waals surface area (Å²) in [7, 11) is 0. The summed E-state index contributed by atoms with van der Waals surface area (Å²) >= 11 is 0. The number of hydrogen-bond acceptors (Lipinski definition) is 6. The molecule has 2 fully saturated rings. The summed E-state index contributed by atoms with van der Waals surface area (Å²) in [6, 6.07) is 4.99. The molecule has 0 atom stereocenters. The van der Waals surface area contributed by atoms with Crippen LogP contribution in [0.1, 0.15) is 55.8 Å². The minimum atomic E-state index is -0.357. The number of nitrogens with zero attached hydrogens (tertiary/aromatic N) is 4. The van der Waals surface area contributed by atoms with E-state index in [1.54, 1.807) is 12.1 Å². The highest BCUT2D eigenvalue weighted by molar-refractivity contribution is 5.95. The normalized spacial score (nSPS) is 17.1. The molecule has 1 aromatic carbocycles. The second kappa shape index (κ2) is 12.0. The van der Waals surface area contributed by atoms with Crippen molar-refractivity contribution in [3.63, 3.8) is 0 Å². The summed E-state index contributed by atoms with van der Waals surface area (Å²) in [5, 5.41) is 11.7. The van der Waals surface area contributed by atoms with Gasteiger partial charge in [-0.3, -0.25) is 19.8 Å². The molecular weight excluding hydrogens is 396 g/mol. The molecule has 0 radical (unpaired) electrons. The van der Waals surface area contributed by atoms with Gasteiger partial charge >= 0.3 is 0 Å². The largest absolute Gasteiger partial charge is 0.379 e. The smallest absolute Gasteiger partial charge is 0.293 e. The molecule has 1 aromatic rings. The first-order chi connectivity index (χ1) is 15.1. The van der Waals surface area contributed by atoms with E-state index < -0.39 is 0 Å². The monoisotopic (exact) mass is 432 g/mol. The number of unbranched alkanes of at least 4 members (excludes halogenated alkanes) is 3. The Bertz CT molecular complexity index is 730. The van der Waals surface area contributed by atoms with Gasteiger partial charge in [0.2, 0.25) is 0 Å². The number of morpholine rings is 1. The average Bonchev–Trinajstić information content (AvgIpc) is 3.33. The van der Waals surface area contributed by atoms with Crippen LogP contribution in [0.2, 0.25) is 0 Å². The van der Waals surface area contributed by atoms with E-state index in [4.69, 9.17) is 4.74 Å². The first kappa shape index (κ1) is 23.5. The first-order valence-electron chi connectivity index (χ1n) is 11.7. The van der Waals surface area contributed by atoms with Gasteiger partial charge in [-0.25, -0.2) is 0 Å². The summed E-state index contributed by atoms with van der Waals surface area (Å²) in [5.74, 6) is -0.110. The number of ether oxygens (including phenoxy) is 1. The van der Waals surface area contributed by atoms with E-state index in [0.29, 0.717) is 24.3 Å². The maximum absolute atomic E-state index is 13.3. The number of amides is 1. The lowest BCUT2D eigenvalue weighted by Crippen LogP contribution is -2.43. The highest BCUT2D eigenvalue weighted by Gasteiger charge is 2.25. The number of benzene rings is 1. The molecule has 0 spiro atoms. The minimum Gasteiger partial charge on any atom is -0.379 e. The van der Waals surface area contributed by atoms with Crippen LogP contribution in [0.25, 0.3) is 0 Å². The van der Waals surface area contributed by atoms with Crippen molar-refractivity contribution < 1.29 is 14.5 Å². The van der Waals surface area contributed by atoms with Crippen molar-refractivity contribution in [2.24, 2.45) is 0 Å². The van der Waals surface area contributed by atoms with E-state index >= 15 is 0 Å². The van der Waals surface area contributed by atoms with Crippen LogP contribution in [0.5, 0.6) is 0 Å². The van der Waals surface area contributed by atoms with Crippen LogP contribution in [-0.4, -0.2) is 79.7 Å². The standard InChI is InChI=1S/C23H36N4O4/c1-2-3-4-5-12-26(14-13-24-15-17-31-18-16-24)23(28)20-8-9-21(22(19-20)27(29)30)25-10-6-7-11-25/h8-9,19H,2-7,10-18H2,1H3. The van der Waals surface area contributed by atoms with E-state index in [1.807, 2.05) is 9.80 Å². The van der Waals surface area contributed by atoms with Gasteiger partial charge in [-0.1, -0.05) is 26.2 Å². The molecule has 0 aromatic heterocycles. The molecular formula is C23H36N4O4. The maximum Gasteiger partial charge on any atom is 0.293 e.